The largest absolute Gasteiger partial charge is 0.327 e. The van der Waals surface area contributed by atoms with E-state index in [2.05, 4.69) is 29.4 Å². The zero-order valence-electron chi connectivity index (χ0n) is 10.4. The van der Waals surface area contributed by atoms with E-state index in [0.717, 1.165) is 25.0 Å². The Kier molecular flexibility index (Phi) is 3.47. The molecular formula is C12H20N4O. The van der Waals surface area contributed by atoms with E-state index >= 15 is 0 Å². The van der Waals surface area contributed by atoms with Gasteiger partial charge in [-0.3, -0.25) is 9.89 Å². The number of anilines is 1. The Morgan fingerprint density at radius 3 is 2.88 bits per heavy atom. The van der Waals surface area contributed by atoms with Crippen molar-refractivity contribution in [3.05, 3.63) is 11.8 Å². The third-order valence-corrected chi connectivity index (χ3v) is 3.38. The Hall–Kier alpha value is -1.36. The molecule has 0 radical (unpaired) electrons. The van der Waals surface area contributed by atoms with E-state index in [-0.39, 0.29) is 17.9 Å². The summed E-state index contributed by atoms with van der Waals surface area (Å²) in [5.41, 5.74) is 6.92. The van der Waals surface area contributed by atoms with Crippen molar-refractivity contribution in [3.8, 4) is 0 Å². The number of carbonyl (C=O) groups excluding carboxylic acids is 1. The van der Waals surface area contributed by atoms with E-state index in [0.29, 0.717) is 11.7 Å². The molecule has 1 aliphatic rings. The average molecular weight is 236 g/mol. The highest BCUT2D eigenvalue weighted by molar-refractivity contribution is 5.92. The smallest absolute Gasteiger partial charge is 0.230 e. The van der Waals surface area contributed by atoms with E-state index in [1.165, 1.54) is 0 Å². The molecule has 1 amide bonds. The van der Waals surface area contributed by atoms with Gasteiger partial charge in [0.15, 0.2) is 5.82 Å². The predicted octanol–water partition coefficient (Wildman–Crippen LogP) is 1.60. The SMILES string of the molecule is CC(C)c1cc(NC(=O)C2CCCC2N)n[nH]1. The highest BCUT2D eigenvalue weighted by Gasteiger charge is 2.30. The predicted molar refractivity (Wildman–Crippen MR) is 66.6 cm³/mol. The summed E-state index contributed by atoms with van der Waals surface area (Å²) in [6, 6.07) is 1.88. The maximum atomic E-state index is 12.0. The van der Waals surface area contributed by atoms with Crippen molar-refractivity contribution < 1.29 is 4.79 Å². The van der Waals surface area contributed by atoms with Crippen LogP contribution in [0.5, 0.6) is 0 Å². The minimum atomic E-state index is -0.0609. The lowest BCUT2D eigenvalue weighted by Gasteiger charge is -2.13. The summed E-state index contributed by atoms with van der Waals surface area (Å²) in [7, 11) is 0. The molecule has 1 heterocycles. The summed E-state index contributed by atoms with van der Waals surface area (Å²) < 4.78 is 0. The molecule has 17 heavy (non-hydrogen) atoms. The van der Waals surface area contributed by atoms with Gasteiger partial charge in [-0.05, 0) is 18.8 Å². The van der Waals surface area contributed by atoms with Crippen molar-refractivity contribution in [1.82, 2.24) is 10.2 Å². The number of rotatable bonds is 3. The van der Waals surface area contributed by atoms with Crippen LogP contribution in [0, 0.1) is 5.92 Å². The van der Waals surface area contributed by atoms with E-state index < -0.39 is 0 Å². The van der Waals surface area contributed by atoms with Crippen LogP contribution < -0.4 is 11.1 Å². The van der Waals surface area contributed by atoms with Crippen molar-refractivity contribution in [1.29, 1.82) is 0 Å². The molecule has 94 valence electrons. The Balaban J connectivity index is 1.97. The molecule has 5 heteroatoms. The number of hydrogen-bond donors (Lipinski definition) is 3. The summed E-state index contributed by atoms with van der Waals surface area (Å²) in [6.07, 6.45) is 2.86. The van der Waals surface area contributed by atoms with Crippen LogP contribution in [0.1, 0.15) is 44.7 Å². The summed E-state index contributed by atoms with van der Waals surface area (Å²) in [5, 5.41) is 9.82. The summed E-state index contributed by atoms with van der Waals surface area (Å²) in [4.78, 5) is 12.0. The fourth-order valence-corrected chi connectivity index (χ4v) is 2.23. The number of nitrogens with zero attached hydrogens (tertiary/aromatic N) is 1. The number of amides is 1. The molecule has 1 aromatic heterocycles. The van der Waals surface area contributed by atoms with E-state index in [1.807, 2.05) is 6.07 Å². The number of nitrogens with one attached hydrogen (secondary N) is 2. The lowest BCUT2D eigenvalue weighted by molar-refractivity contribution is -0.120. The molecule has 0 aliphatic heterocycles. The van der Waals surface area contributed by atoms with Crippen LogP contribution in [0.15, 0.2) is 6.07 Å². The first kappa shape index (κ1) is 12.1. The van der Waals surface area contributed by atoms with Crippen LogP contribution in [0.4, 0.5) is 5.82 Å². The third-order valence-electron chi connectivity index (χ3n) is 3.38. The third kappa shape index (κ3) is 2.66. The Morgan fingerprint density at radius 1 is 1.59 bits per heavy atom. The second-order valence-corrected chi connectivity index (χ2v) is 5.05. The monoisotopic (exact) mass is 236 g/mol. The fourth-order valence-electron chi connectivity index (χ4n) is 2.23. The molecule has 0 bridgehead atoms. The molecule has 1 aliphatic carbocycles. The van der Waals surface area contributed by atoms with Gasteiger partial charge in [0.25, 0.3) is 0 Å². The van der Waals surface area contributed by atoms with Crippen molar-refractivity contribution in [2.75, 3.05) is 5.32 Å². The van der Waals surface area contributed by atoms with Gasteiger partial charge < -0.3 is 11.1 Å². The first-order valence-corrected chi connectivity index (χ1v) is 6.19. The molecule has 0 spiro atoms. The van der Waals surface area contributed by atoms with Crippen LogP contribution in [0.25, 0.3) is 0 Å². The van der Waals surface area contributed by atoms with Crippen molar-refractivity contribution in [3.63, 3.8) is 0 Å². The first-order chi connectivity index (χ1) is 8.08. The number of nitrogens with two attached hydrogens (primary N) is 1. The first-order valence-electron chi connectivity index (χ1n) is 6.19. The van der Waals surface area contributed by atoms with Crippen molar-refractivity contribution >= 4 is 11.7 Å². The minimum absolute atomic E-state index is 0.00138. The zero-order chi connectivity index (χ0) is 12.4. The van der Waals surface area contributed by atoms with Crippen LogP contribution in [0.3, 0.4) is 0 Å². The second-order valence-electron chi connectivity index (χ2n) is 5.05. The fraction of sp³-hybridized carbons (Fsp3) is 0.667. The Labute approximate surface area is 101 Å². The number of aromatic nitrogens is 2. The minimum Gasteiger partial charge on any atom is -0.327 e. The van der Waals surface area contributed by atoms with Gasteiger partial charge in [-0.1, -0.05) is 20.3 Å². The summed E-state index contributed by atoms with van der Waals surface area (Å²) >= 11 is 0. The van der Waals surface area contributed by atoms with E-state index in [4.69, 9.17) is 5.73 Å². The van der Waals surface area contributed by atoms with Gasteiger partial charge in [0.1, 0.15) is 0 Å². The van der Waals surface area contributed by atoms with Gasteiger partial charge in [0, 0.05) is 17.8 Å². The van der Waals surface area contributed by atoms with E-state index in [9.17, 15) is 4.79 Å². The molecule has 4 N–H and O–H groups in total. The van der Waals surface area contributed by atoms with Gasteiger partial charge in [-0.25, -0.2) is 0 Å². The summed E-state index contributed by atoms with van der Waals surface area (Å²) in [6.45, 7) is 4.15. The normalized spacial score (nSPS) is 24.2. The Morgan fingerprint density at radius 2 is 2.35 bits per heavy atom. The molecule has 1 fully saturated rings. The number of hydrogen-bond acceptors (Lipinski definition) is 3. The molecular weight excluding hydrogens is 216 g/mol. The lowest BCUT2D eigenvalue weighted by Crippen LogP contribution is -2.34. The summed E-state index contributed by atoms with van der Waals surface area (Å²) in [5.74, 6) is 0.908. The van der Waals surface area contributed by atoms with Gasteiger partial charge >= 0.3 is 0 Å². The van der Waals surface area contributed by atoms with Gasteiger partial charge in [0.2, 0.25) is 5.91 Å². The van der Waals surface area contributed by atoms with Gasteiger partial charge in [0.05, 0.1) is 5.92 Å². The highest BCUT2D eigenvalue weighted by Crippen LogP contribution is 2.25. The Bertz CT molecular complexity index is 399. The van der Waals surface area contributed by atoms with Crippen molar-refractivity contribution in [2.24, 2.45) is 11.7 Å². The highest BCUT2D eigenvalue weighted by atomic mass is 16.2. The number of H-pyrrole nitrogens is 1. The number of aromatic amines is 1. The maximum Gasteiger partial charge on any atom is 0.230 e. The molecule has 2 rings (SSSR count). The molecule has 2 atom stereocenters. The molecule has 5 nitrogen and oxygen atoms in total. The standard InChI is InChI=1S/C12H20N4O/c1-7(2)10-6-11(16-15-10)14-12(17)8-4-3-5-9(8)13/h6-9H,3-5,13H2,1-2H3,(H2,14,15,16,17). The number of carbonyl (C=O) groups is 1. The van der Waals surface area contributed by atoms with Crippen LogP contribution in [-0.4, -0.2) is 22.1 Å². The quantitative estimate of drug-likeness (QED) is 0.745. The van der Waals surface area contributed by atoms with Crippen LogP contribution in [-0.2, 0) is 4.79 Å². The van der Waals surface area contributed by atoms with Crippen LogP contribution in [0.2, 0.25) is 0 Å². The van der Waals surface area contributed by atoms with Crippen molar-refractivity contribution in [2.45, 2.75) is 45.1 Å². The zero-order valence-corrected chi connectivity index (χ0v) is 10.4. The van der Waals surface area contributed by atoms with Gasteiger partial charge in [-0.15, -0.1) is 0 Å². The topological polar surface area (TPSA) is 83.8 Å². The molecule has 0 aromatic carbocycles. The lowest BCUT2D eigenvalue weighted by atomic mass is 10.0. The molecule has 1 aromatic rings. The molecule has 0 saturated heterocycles. The molecule has 2 unspecified atom stereocenters. The van der Waals surface area contributed by atoms with Gasteiger partial charge in [-0.2, -0.15) is 5.10 Å². The van der Waals surface area contributed by atoms with Crippen LogP contribution >= 0.6 is 0 Å². The second kappa shape index (κ2) is 4.87. The molecule has 1 saturated carbocycles. The van der Waals surface area contributed by atoms with E-state index in [1.54, 1.807) is 0 Å². The average Bonchev–Trinajstić information content (AvgIpc) is 2.86. The maximum absolute atomic E-state index is 12.0.